The summed E-state index contributed by atoms with van der Waals surface area (Å²) in [6, 6.07) is 6.76. The van der Waals surface area contributed by atoms with Gasteiger partial charge in [-0.2, -0.15) is 5.26 Å². The lowest BCUT2D eigenvalue weighted by atomic mass is 10.00. The van der Waals surface area contributed by atoms with E-state index >= 15 is 0 Å². The fourth-order valence-corrected chi connectivity index (χ4v) is 2.30. The van der Waals surface area contributed by atoms with Gasteiger partial charge in [0.1, 0.15) is 11.9 Å². The number of anilines is 1. The molecule has 4 heteroatoms. The Bertz CT molecular complexity index is 396. The maximum atomic E-state index is 8.71. The van der Waals surface area contributed by atoms with Gasteiger partial charge < -0.3 is 5.43 Å². The average molecular weight is 230 g/mol. The first kappa shape index (κ1) is 11.9. The minimum atomic E-state index is 0.524. The fourth-order valence-electron chi connectivity index (χ4n) is 2.30. The first-order chi connectivity index (χ1) is 8.20. The van der Waals surface area contributed by atoms with Crippen molar-refractivity contribution in [3.63, 3.8) is 0 Å². The number of aromatic nitrogens is 1. The Balaban J connectivity index is 2.06. The van der Waals surface area contributed by atoms with Crippen molar-refractivity contribution >= 4 is 5.82 Å². The van der Waals surface area contributed by atoms with Crippen LogP contribution < -0.4 is 5.43 Å². The molecule has 17 heavy (non-hydrogen) atoms. The third kappa shape index (κ3) is 2.75. The summed E-state index contributed by atoms with van der Waals surface area (Å²) >= 11 is 0. The Morgan fingerprint density at radius 3 is 2.59 bits per heavy atom. The number of nitrogens with zero attached hydrogens (tertiary/aromatic N) is 3. The first-order valence-corrected chi connectivity index (χ1v) is 6.12. The Kier molecular flexibility index (Phi) is 3.60. The Labute approximate surface area is 102 Å². The van der Waals surface area contributed by atoms with E-state index in [9.17, 15) is 0 Å². The van der Waals surface area contributed by atoms with Crippen molar-refractivity contribution in [1.82, 2.24) is 9.99 Å². The van der Waals surface area contributed by atoms with E-state index < -0.39 is 0 Å². The summed E-state index contributed by atoms with van der Waals surface area (Å²) < 4.78 is 0. The predicted octanol–water partition coefficient (Wildman–Crippen LogP) is 2.54. The standard InChI is InChI=1S/C13H18N4/c1-10-4-3-5-11(2)17(10)16-13-7-6-12(8-14)9-15-13/h6-7,9-11H,3-5H2,1-2H3,(H,15,16). The fraction of sp³-hybridized carbons (Fsp3) is 0.538. The Morgan fingerprint density at radius 1 is 1.35 bits per heavy atom. The molecule has 2 heterocycles. The van der Waals surface area contributed by atoms with Gasteiger partial charge in [0.2, 0.25) is 0 Å². The smallest absolute Gasteiger partial charge is 0.140 e. The lowest BCUT2D eigenvalue weighted by molar-refractivity contribution is 0.135. The van der Waals surface area contributed by atoms with Crippen molar-refractivity contribution < 1.29 is 0 Å². The van der Waals surface area contributed by atoms with E-state index in [2.05, 4.69) is 35.3 Å². The normalized spacial score (nSPS) is 25.2. The second kappa shape index (κ2) is 5.15. The third-order valence-corrected chi connectivity index (χ3v) is 3.33. The second-order valence-corrected chi connectivity index (χ2v) is 4.69. The Hall–Kier alpha value is -1.60. The highest BCUT2D eigenvalue weighted by Crippen LogP contribution is 2.22. The molecule has 1 fully saturated rings. The molecule has 2 unspecified atom stereocenters. The van der Waals surface area contributed by atoms with Crippen LogP contribution in [0.5, 0.6) is 0 Å². The van der Waals surface area contributed by atoms with Crippen LogP contribution in [-0.4, -0.2) is 22.1 Å². The largest absolute Gasteiger partial charge is 0.303 e. The topological polar surface area (TPSA) is 52.0 Å². The van der Waals surface area contributed by atoms with E-state index in [0.717, 1.165) is 5.82 Å². The zero-order valence-corrected chi connectivity index (χ0v) is 10.3. The molecule has 1 aliphatic heterocycles. The summed E-state index contributed by atoms with van der Waals surface area (Å²) in [5.74, 6) is 0.810. The van der Waals surface area contributed by atoms with Crippen molar-refractivity contribution in [1.29, 1.82) is 5.26 Å². The number of pyridine rings is 1. The first-order valence-electron chi connectivity index (χ1n) is 6.12. The van der Waals surface area contributed by atoms with Crippen molar-refractivity contribution in [2.45, 2.75) is 45.2 Å². The van der Waals surface area contributed by atoms with Crippen LogP contribution in [0.3, 0.4) is 0 Å². The summed E-state index contributed by atoms with van der Waals surface area (Å²) in [6.07, 6.45) is 5.32. The van der Waals surface area contributed by atoms with E-state index in [4.69, 9.17) is 5.26 Å². The van der Waals surface area contributed by atoms with Crippen molar-refractivity contribution in [3.8, 4) is 6.07 Å². The van der Waals surface area contributed by atoms with Gasteiger partial charge in [-0.25, -0.2) is 9.99 Å². The number of piperidine rings is 1. The zero-order chi connectivity index (χ0) is 12.3. The molecule has 1 aromatic heterocycles. The SMILES string of the molecule is CC1CCCC(C)N1Nc1ccc(C#N)cn1. The van der Waals surface area contributed by atoms with Gasteiger partial charge in [-0.3, -0.25) is 0 Å². The summed E-state index contributed by atoms with van der Waals surface area (Å²) in [5.41, 5.74) is 3.94. The molecule has 1 saturated heterocycles. The van der Waals surface area contributed by atoms with Gasteiger partial charge in [-0.15, -0.1) is 0 Å². The van der Waals surface area contributed by atoms with E-state index in [-0.39, 0.29) is 0 Å². The highest BCUT2D eigenvalue weighted by atomic mass is 15.5. The Morgan fingerprint density at radius 2 is 2.06 bits per heavy atom. The minimum Gasteiger partial charge on any atom is -0.303 e. The number of hydrazine groups is 1. The monoisotopic (exact) mass is 230 g/mol. The highest BCUT2D eigenvalue weighted by molar-refractivity contribution is 5.38. The lowest BCUT2D eigenvalue weighted by Crippen LogP contribution is -2.47. The molecular formula is C13H18N4. The van der Waals surface area contributed by atoms with Gasteiger partial charge >= 0.3 is 0 Å². The maximum Gasteiger partial charge on any atom is 0.140 e. The van der Waals surface area contributed by atoms with Crippen LogP contribution in [0.2, 0.25) is 0 Å². The van der Waals surface area contributed by atoms with Crippen molar-refractivity contribution in [2.24, 2.45) is 0 Å². The molecule has 0 radical (unpaired) electrons. The highest BCUT2D eigenvalue weighted by Gasteiger charge is 2.24. The molecule has 2 atom stereocenters. The van der Waals surface area contributed by atoms with E-state index in [1.165, 1.54) is 19.3 Å². The predicted molar refractivity (Wildman–Crippen MR) is 67.2 cm³/mol. The molecule has 2 rings (SSSR count). The van der Waals surface area contributed by atoms with Crippen LogP contribution in [0.4, 0.5) is 5.82 Å². The molecule has 0 amide bonds. The number of nitrogens with one attached hydrogen (secondary N) is 1. The lowest BCUT2D eigenvalue weighted by Gasteiger charge is -2.39. The molecule has 0 aromatic carbocycles. The van der Waals surface area contributed by atoms with Crippen LogP contribution in [0.15, 0.2) is 18.3 Å². The zero-order valence-electron chi connectivity index (χ0n) is 10.3. The van der Waals surface area contributed by atoms with E-state index in [0.29, 0.717) is 17.6 Å². The van der Waals surface area contributed by atoms with Gasteiger partial charge in [-0.1, -0.05) is 6.42 Å². The minimum absolute atomic E-state index is 0.524. The van der Waals surface area contributed by atoms with Crippen LogP contribution >= 0.6 is 0 Å². The second-order valence-electron chi connectivity index (χ2n) is 4.69. The molecule has 1 N–H and O–H groups in total. The molecule has 90 valence electrons. The summed E-state index contributed by atoms with van der Waals surface area (Å²) in [7, 11) is 0. The molecule has 0 saturated carbocycles. The molecular weight excluding hydrogens is 212 g/mol. The molecule has 0 spiro atoms. The van der Waals surface area contributed by atoms with Crippen LogP contribution in [0, 0.1) is 11.3 Å². The van der Waals surface area contributed by atoms with E-state index in [1.807, 2.05) is 6.07 Å². The number of nitriles is 1. The van der Waals surface area contributed by atoms with Crippen LogP contribution in [0.1, 0.15) is 38.7 Å². The molecule has 4 nitrogen and oxygen atoms in total. The summed E-state index contributed by atoms with van der Waals surface area (Å²) in [6.45, 7) is 4.46. The maximum absolute atomic E-state index is 8.71. The van der Waals surface area contributed by atoms with Crippen LogP contribution in [-0.2, 0) is 0 Å². The molecule has 1 aliphatic rings. The molecule has 0 bridgehead atoms. The van der Waals surface area contributed by atoms with Crippen LogP contribution in [0.25, 0.3) is 0 Å². The van der Waals surface area contributed by atoms with Crippen molar-refractivity contribution in [3.05, 3.63) is 23.9 Å². The number of hydrogen-bond acceptors (Lipinski definition) is 4. The number of hydrogen-bond donors (Lipinski definition) is 1. The molecule has 1 aromatic rings. The quantitative estimate of drug-likeness (QED) is 0.848. The van der Waals surface area contributed by atoms with Gasteiger partial charge in [0.25, 0.3) is 0 Å². The number of rotatable bonds is 2. The average Bonchev–Trinajstić information content (AvgIpc) is 2.35. The molecule has 0 aliphatic carbocycles. The van der Waals surface area contributed by atoms with Gasteiger partial charge in [0.15, 0.2) is 0 Å². The third-order valence-electron chi connectivity index (χ3n) is 3.33. The van der Waals surface area contributed by atoms with Gasteiger partial charge in [0, 0.05) is 18.3 Å². The van der Waals surface area contributed by atoms with Crippen molar-refractivity contribution in [2.75, 3.05) is 5.43 Å². The van der Waals surface area contributed by atoms with Gasteiger partial charge in [-0.05, 0) is 38.8 Å². The summed E-state index contributed by atoms with van der Waals surface area (Å²) in [4.78, 5) is 4.24. The summed E-state index contributed by atoms with van der Waals surface area (Å²) in [5, 5.41) is 11.0. The van der Waals surface area contributed by atoms with Gasteiger partial charge in [0.05, 0.1) is 5.56 Å². The van der Waals surface area contributed by atoms with E-state index in [1.54, 1.807) is 12.3 Å².